The fourth-order valence-electron chi connectivity index (χ4n) is 3.09. The van der Waals surface area contributed by atoms with Gasteiger partial charge in [0.25, 0.3) is 5.91 Å². The summed E-state index contributed by atoms with van der Waals surface area (Å²) in [6, 6.07) is 19.7. The number of nitrogens with one attached hydrogen (secondary N) is 1. The molecular weight excluding hydrogens is 394 g/mol. The molecular formula is C24H27N3O2S. The van der Waals surface area contributed by atoms with Crippen molar-refractivity contribution in [1.29, 1.82) is 0 Å². The molecule has 0 saturated carbocycles. The number of rotatable bonds is 8. The molecule has 1 unspecified atom stereocenters. The molecule has 0 aliphatic heterocycles. The van der Waals surface area contributed by atoms with Crippen molar-refractivity contribution in [3.8, 4) is 5.75 Å². The minimum Gasteiger partial charge on any atom is -0.497 e. The molecule has 0 fully saturated rings. The highest BCUT2D eigenvalue weighted by Gasteiger charge is 2.18. The number of likely N-dealkylation sites (N-methyl/N-ethyl adjacent to an activating group) is 1. The lowest BCUT2D eigenvalue weighted by molar-refractivity contribution is 0.0938. The quantitative estimate of drug-likeness (QED) is 0.577. The van der Waals surface area contributed by atoms with Crippen LogP contribution in [0.5, 0.6) is 5.75 Å². The van der Waals surface area contributed by atoms with Crippen molar-refractivity contribution in [3.05, 3.63) is 83.6 Å². The van der Waals surface area contributed by atoms with Gasteiger partial charge in [0.2, 0.25) is 0 Å². The summed E-state index contributed by atoms with van der Waals surface area (Å²) in [5.74, 6) is 0.669. The molecule has 1 atom stereocenters. The minimum absolute atomic E-state index is 0.0222. The Bertz CT molecular complexity index is 990. The number of aryl methyl sites for hydroxylation is 1. The zero-order valence-corrected chi connectivity index (χ0v) is 18.6. The van der Waals surface area contributed by atoms with Crippen molar-refractivity contribution >= 4 is 17.7 Å². The number of nitrogens with zero attached hydrogens (tertiary/aromatic N) is 2. The lowest BCUT2D eigenvalue weighted by Crippen LogP contribution is -2.34. The van der Waals surface area contributed by atoms with Crippen LogP contribution in [0, 0.1) is 6.92 Å². The third-order valence-corrected chi connectivity index (χ3v) is 5.84. The van der Waals surface area contributed by atoms with Crippen molar-refractivity contribution in [2.24, 2.45) is 0 Å². The number of hydrogen-bond acceptors (Lipinski definition) is 5. The maximum absolute atomic E-state index is 13.0. The normalized spacial score (nSPS) is 11.9. The number of amides is 1. The molecule has 0 aliphatic carbocycles. The van der Waals surface area contributed by atoms with Gasteiger partial charge in [0.1, 0.15) is 10.8 Å². The molecule has 0 saturated heterocycles. The molecule has 1 heterocycles. The molecule has 1 N–H and O–H groups in total. The van der Waals surface area contributed by atoms with E-state index in [1.165, 1.54) is 17.3 Å². The van der Waals surface area contributed by atoms with Crippen LogP contribution in [-0.2, 0) is 0 Å². The molecule has 5 nitrogen and oxygen atoms in total. The maximum atomic E-state index is 13.0. The van der Waals surface area contributed by atoms with Gasteiger partial charge in [-0.25, -0.2) is 4.98 Å². The van der Waals surface area contributed by atoms with Crippen molar-refractivity contribution in [1.82, 2.24) is 15.2 Å². The highest BCUT2D eigenvalue weighted by atomic mass is 32.2. The number of aromatic nitrogens is 1. The first kappa shape index (κ1) is 21.9. The van der Waals surface area contributed by atoms with Crippen LogP contribution in [0.3, 0.4) is 0 Å². The van der Waals surface area contributed by atoms with Crippen LogP contribution in [0.15, 0.2) is 76.8 Å². The zero-order valence-electron chi connectivity index (χ0n) is 17.8. The third-order valence-electron chi connectivity index (χ3n) is 4.81. The van der Waals surface area contributed by atoms with Gasteiger partial charge in [0.05, 0.1) is 18.7 Å². The highest BCUT2D eigenvalue weighted by molar-refractivity contribution is 7.99. The average Bonchev–Trinajstić information content (AvgIpc) is 2.75. The van der Waals surface area contributed by atoms with Gasteiger partial charge >= 0.3 is 0 Å². The number of benzene rings is 2. The lowest BCUT2D eigenvalue weighted by atomic mass is 10.1. The van der Waals surface area contributed by atoms with E-state index in [0.717, 1.165) is 16.2 Å². The Kier molecular flexibility index (Phi) is 7.49. The second kappa shape index (κ2) is 10.3. The van der Waals surface area contributed by atoms with E-state index in [1.807, 2.05) is 56.6 Å². The summed E-state index contributed by atoms with van der Waals surface area (Å²) in [4.78, 5) is 20.6. The molecule has 0 radical (unpaired) electrons. The van der Waals surface area contributed by atoms with Gasteiger partial charge in [-0.3, -0.25) is 4.79 Å². The van der Waals surface area contributed by atoms with Crippen LogP contribution in [0.2, 0.25) is 0 Å². The molecule has 1 aromatic heterocycles. The van der Waals surface area contributed by atoms with Crippen molar-refractivity contribution in [2.45, 2.75) is 22.9 Å². The summed E-state index contributed by atoms with van der Waals surface area (Å²) >= 11 is 1.49. The Morgan fingerprint density at radius 3 is 2.60 bits per heavy atom. The summed E-state index contributed by atoms with van der Waals surface area (Å²) in [5.41, 5.74) is 2.86. The first-order valence-electron chi connectivity index (χ1n) is 9.76. The monoisotopic (exact) mass is 421 g/mol. The van der Waals surface area contributed by atoms with Crippen LogP contribution in [0.25, 0.3) is 0 Å². The largest absolute Gasteiger partial charge is 0.497 e. The minimum atomic E-state index is -0.132. The Hall–Kier alpha value is -2.83. The second-order valence-corrected chi connectivity index (χ2v) is 8.30. The summed E-state index contributed by atoms with van der Waals surface area (Å²) in [5, 5.41) is 3.77. The van der Waals surface area contributed by atoms with E-state index in [4.69, 9.17) is 4.74 Å². The molecule has 30 heavy (non-hydrogen) atoms. The second-order valence-electron chi connectivity index (χ2n) is 7.24. The van der Waals surface area contributed by atoms with Gasteiger partial charge in [0.15, 0.2) is 0 Å². The van der Waals surface area contributed by atoms with Crippen LogP contribution in [0.1, 0.15) is 27.5 Å². The van der Waals surface area contributed by atoms with Gasteiger partial charge in [-0.05, 0) is 63.0 Å². The number of methoxy groups -OCH3 is 1. The molecule has 0 spiro atoms. The van der Waals surface area contributed by atoms with Crippen LogP contribution in [0.4, 0.5) is 0 Å². The Labute approximate surface area is 182 Å². The molecule has 2 aromatic carbocycles. The topological polar surface area (TPSA) is 54.5 Å². The predicted molar refractivity (Wildman–Crippen MR) is 121 cm³/mol. The van der Waals surface area contributed by atoms with Crippen molar-refractivity contribution < 1.29 is 9.53 Å². The van der Waals surface area contributed by atoms with Gasteiger partial charge < -0.3 is 15.0 Å². The van der Waals surface area contributed by atoms with Gasteiger partial charge in [-0.2, -0.15) is 0 Å². The van der Waals surface area contributed by atoms with Gasteiger partial charge in [0, 0.05) is 17.6 Å². The van der Waals surface area contributed by atoms with E-state index in [1.54, 1.807) is 19.4 Å². The van der Waals surface area contributed by atoms with Crippen LogP contribution in [-0.4, -0.2) is 43.5 Å². The van der Waals surface area contributed by atoms with Crippen LogP contribution < -0.4 is 10.1 Å². The summed E-state index contributed by atoms with van der Waals surface area (Å²) in [6.07, 6.45) is 1.71. The van der Waals surface area contributed by atoms with Crippen molar-refractivity contribution in [2.75, 3.05) is 27.7 Å². The number of pyridine rings is 1. The Balaban J connectivity index is 1.74. The predicted octanol–water partition coefficient (Wildman–Crippen LogP) is 4.58. The SMILES string of the molecule is COc1cccc(C(CNC(=O)c2cccnc2Sc2ccc(C)cc2)N(C)C)c1. The van der Waals surface area contributed by atoms with E-state index >= 15 is 0 Å². The maximum Gasteiger partial charge on any atom is 0.254 e. The number of ether oxygens (including phenoxy) is 1. The Morgan fingerprint density at radius 2 is 1.90 bits per heavy atom. The molecule has 3 rings (SSSR count). The number of carbonyl (C=O) groups excluding carboxylic acids is 1. The zero-order chi connectivity index (χ0) is 21.5. The third kappa shape index (κ3) is 5.62. The standard InChI is InChI=1S/C24H27N3O2S/c1-17-10-12-20(13-11-17)30-24-21(9-6-14-25-24)23(28)26-16-22(27(2)3)18-7-5-8-19(15-18)29-4/h5-15,22H,16H2,1-4H3,(H,26,28). The smallest absolute Gasteiger partial charge is 0.254 e. The molecule has 6 heteroatoms. The highest BCUT2D eigenvalue weighted by Crippen LogP contribution is 2.29. The number of carbonyl (C=O) groups is 1. The number of hydrogen-bond donors (Lipinski definition) is 1. The van der Waals surface area contributed by atoms with E-state index in [2.05, 4.69) is 34.3 Å². The first-order valence-corrected chi connectivity index (χ1v) is 10.6. The summed E-state index contributed by atoms with van der Waals surface area (Å²) < 4.78 is 5.34. The van der Waals surface area contributed by atoms with Crippen molar-refractivity contribution in [3.63, 3.8) is 0 Å². The lowest BCUT2D eigenvalue weighted by Gasteiger charge is -2.25. The van der Waals surface area contributed by atoms with E-state index in [-0.39, 0.29) is 11.9 Å². The molecule has 3 aromatic rings. The molecule has 156 valence electrons. The van der Waals surface area contributed by atoms with E-state index in [9.17, 15) is 4.79 Å². The van der Waals surface area contributed by atoms with E-state index < -0.39 is 0 Å². The van der Waals surface area contributed by atoms with Gasteiger partial charge in [-0.15, -0.1) is 0 Å². The average molecular weight is 422 g/mol. The fourth-order valence-corrected chi connectivity index (χ4v) is 3.97. The van der Waals surface area contributed by atoms with E-state index in [0.29, 0.717) is 17.1 Å². The molecule has 0 bridgehead atoms. The first-order chi connectivity index (χ1) is 14.5. The Morgan fingerprint density at radius 1 is 1.13 bits per heavy atom. The summed E-state index contributed by atoms with van der Waals surface area (Å²) in [7, 11) is 5.65. The molecule has 1 amide bonds. The van der Waals surface area contributed by atoms with Gasteiger partial charge in [-0.1, -0.05) is 41.6 Å². The van der Waals surface area contributed by atoms with Crippen LogP contribution >= 0.6 is 11.8 Å². The molecule has 0 aliphatic rings. The fraction of sp³-hybridized carbons (Fsp3) is 0.250. The summed E-state index contributed by atoms with van der Waals surface area (Å²) in [6.45, 7) is 2.53.